The molecule has 1 aromatic heterocycles. The maximum atomic E-state index is 13.1. The molecule has 0 aliphatic carbocycles. The van der Waals surface area contributed by atoms with Crippen molar-refractivity contribution in [3.8, 4) is 0 Å². The first-order valence-corrected chi connectivity index (χ1v) is 11.9. The Morgan fingerprint density at radius 3 is 2.63 bits per heavy atom. The number of rotatable bonds is 9. The molecule has 0 aliphatic rings. The van der Waals surface area contributed by atoms with Gasteiger partial charge in [-0.05, 0) is 75.9 Å². The molecule has 3 rings (SSSR count). The summed E-state index contributed by atoms with van der Waals surface area (Å²) >= 11 is 9.25. The second-order valence-electron chi connectivity index (χ2n) is 7.32. The van der Waals surface area contributed by atoms with Crippen molar-refractivity contribution in [1.82, 2.24) is 9.88 Å². The lowest BCUT2D eigenvalue weighted by Crippen LogP contribution is -2.33. The summed E-state index contributed by atoms with van der Waals surface area (Å²) < 4.78 is 14.0. The van der Waals surface area contributed by atoms with Gasteiger partial charge in [-0.2, -0.15) is 0 Å². The van der Waals surface area contributed by atoms with E-state index >= 15 is 0 Å². The average Bonchev–Trinajstić information content (AvgIpc) is 3.10. The summed E-state index contributed by atoms with van der Waals surface area (Å²) in [5.41, 5.74) is 1.90. The Morgan fingerprint density at radius 2 is 1.93 bits per heavy atom. The number of hydrogen-bond acceptors (Lipinski definition) is 5. The number of thioether (sulfide) groups is 1. The molecule has 0 spiro atoms. The smallest absolute Gasteiger partial charge is 0.229 e. The highest BCUT2D eigenvalue weighted by molar-refractivity contribution is 7.99. The Balaban J connectivity index is 1.73. The highest BCUT2D eigenvalue weighted by Gasteiger charge is 2.20. The highest BCUT2D eigenvalue weighted by Crippen LogP contribution is 2.33. The third kappa shape index (κ3) is 6.17. The van der Waals surface area contributed by atoms with Gasteiger partial charge in [0.05, 0.1) is 10.2 Å². The van der Waals surface area contributed by atoms with E-state index in [0.29, 0.717) is 28.9 Å². The lowest BCUT2D eigenvalue weighted by Gasteiger charge is -2.21. The van der Waals surface area contributed by atoms with Crippen molar-refractivity contribution in [1.29, 1.82) is 0 Å². The van der Waals surface area contributed by atoms with Gasteiger partial charge in [0.2, 0.25) is 5.91 Å². The molecule has 4 nitrogen and oxygen atoms in total. The number of benzene rings is 2. The van der Waals surface area contributed by atoms with Crippen LogP contribution in [0.3, 0.4) is 0 Å². The zero-order valence-corrected chi connectivity index (χ0v) is 19.7. The molecule has 0 radical (unpaired) electrons. The van der Waals surface area contributed by atoms with E-state index in [2.05, 4.69) is 4.90 Å². The minimum atomic E-state index is -0.256. The van der Waals surface area contributed by atoms with Gasteiger partial charge >= 0.3 is 0 Å². The zero-order chi connectivity index (χ0) is 21.7. The van der Waals surface area contributed by atoms with E-state index in [4.69, 9.17) is 16.6 Å². The predicted molar refractivity (Wildman–Crippen MR) is 127 cm³/mol. The number of nitrogens with zero attached hydrogens (tertiary/aromatic N) is 3. The lowest BCUT2D eigenvalue weighted by molar-refractivity contribution is -0.118. The molecule has 30 heavy (non-hydrogen) atoms. The molecule has 0 saturated carbocycles. The van der Waals surface area contributed by atoms with Crippen LogP contribution in [-0.2, 0) is 4.79 Å². The van der Waals surface area contributed by atoms with E-state index in [9.17, 15) is 9.18 Å². The molecule has 0 N–H and O–H groups in total. The van der Waals surface area contributed by atoms with Crippen molar-refractivity contribution in [3.05, 3.63) is 52.8 Å². The summed E-state index contributed by atoms with van der Waals surface area (Å²) in [5, 5.41) is 1.39. The maximum Gasteiger partial charge on any atom is 0.229 e. The van der Waals surface area contributed by atoms with E-state index in [1.165, 1.54) is 23.5 Å². The Bertz CT molecular complexity index is 1010. The molecule has 0 unspecified atom stereocenters. The zero-order valence-electron chi connectivity index (χ0n) is 17.3. The normalized spacial score (nSPS) is 11.4. The summed E-state index contributed by atoms with van der Waals surface area (Å²) in [7, 11) is 4.04. The van der Waals surface area contributed by atoms with Gasteiger partial charge in [-0.25, -0.2) is 9.37 Å². The van der Waals surface area contributed by atoms with Crippen molar-refractivity contribution in [2.75, 3.05) is 37.8 Å². The molecule has 0 saturated heterocycles. The highest BCUT2D eigenvalue weighted by atomic mass is 35.5. The lowest BCUT2D eigenvalue weighted by atomic mass is 10.2. The van der Waals surface area contributed by atoms with Gasteiger partial charge in [0.15, 0.2) is 5.13 Å². The Morgan fingerprint density at radius 1 is 1.20 bits per heavy atom. The van der Waals surface area contributed by atoms with Crippen molar-refractivity contribution < 1.29 is 9.18 Å². The third-order valence-corrected chi connectivity index (χ3v) is 6.81. The number of hydrogen-bond donors (Lipinski definition) is 0. The molecule has 8 heteroatoms. The Kier molecular flexibility index (Phi) is 8.11. The third-order valence-electron chi connectivity index (χ3n) is 4.56. The van der Waals surface area contributed by atoms with Crippen LogP contribution in [0, 0.1) is 12.7 Å². The van der Waals surface area contributed by atoms with Crippen molar-refractivity contribution in [3.63, 3.8) is 0 Å². The van der Waals surface area contributed by atoms with Crippen LogP contribution < -0.4 is 4.90 Å². The van der Waals surface area contributed by atoms with Crippen LogP contribution in [0.5, 0.6) is 0 Å². The summed E-state index contributed by atoms with van der Waals surface area (Å²) in [4.78, 5) is 22.7. The summed E-state index contributed by atoms with van der Waals surface area (Å²) in [6.07, 6.45) is 1.25. The van der Waals surface area contributed by atoms with Gasteiger partial charge < -0.3 is 4.90 Å². The van der Waals surface area contributed by atoms with Gasteiger partial charge in [-0.1, -0.05) is 22.9 Å². The molecule has 1 amide bonds. The molecular formula is C22H25ClFN3OS2. The number of carbonyl (C=O) groups excluding carboxylic acids is 1. The van der Waals surface area contributed by atoms with Crippen molar-refractivity contribution in [2.45, 2.75) is 24.7 Å². The van der Waals surface area contributed by atoms with Gasteiger partial charge in [-0.3, -0.25) is 9.69 Å². The molecule has 0 atom stereocenters. The predicted octanol–water partition coefficient (Wildman–Crippen LogP) is 5.86. The first kappa shape index (κ1) is 23.0. The monoisotopic (exact) mass is 465 g/mol. The van der Waals surface area contributed by atoms with Crippen LogP contribution in [-0.4, -0.2) is 48.7 Å². The molecule has 160 valence electrons. The number of aromatic nitrogens is 1. The fourth-order valence-electron chi connectivity index (χ4n) is 3.05. The summed E-state index contributed by atoms with van der Waals surface area (Å²) in [5.74, 6) is 0.421. The van der Waals surface area contributed by atoms with E-state index in [-0.39, 0.29) is 11.7 Å². The van der Waals surface area contributed by atoms with Crippen LogP contribution in [0.25, 0.3) is 10.2 Å². The molecule has 2 aromatic carbocycles. The van der Waals surface area contributed by atoms with Crippen LogP contribution >= 0.6 is 34.7 Å². The number of halogens is 2. The molecule has 0 fully saturated rings. The quantitative estimate of drug-likeness (QED) is 0.370. The Labute approximate surface area is 190 Å². The van der Waals surface area contributed by atoms with Crippen LogP contribution in [0.2, 0.25) is 5.02 Å². The van der Waals surface area contributed by atoms with E-state index in [0.717, 1.165) is 33.6 Å². The van der Waals surface area contributed by atoms with Crippen LogP contribution in [0.1, 0.15) is 18.4 Å². The topological polar surface area (TPSA) is 36.4 Å². The SMILES string of the molecule is Cc1cc(Cl)cc2sc(N(CCCN(C)C)C(=O)CCSc3ccc(F)cc3)nc12. The van der Waals surface area contributed by atoms with Crippen LogP contribution in [0.15, 0.2) is 41.3 Å². The number of anilines is 1. The standard InChI is InChI=1S/C22H25ClFN3OS2/c1-15-13-16(23)14-19-21(15)25-22(30-19)27(11-4-10-26(2)3)20(28)9-12-29-18-7-5-17(24)6-8-18/h5-8,13-14H,4,9-12H2,1-3H3. The van der Waals surface area contributed by atoms with E-state index in [1.807, 2.05) is 33.2 Å². The fraction of sp³-hybridized carbons (Fsp3) is 0.364. The molecule has 1 heterocycles. The van der Waals surface area contributed by atoms with Crippen molar-refractivity contribution in [2.24, 2.45) is 0 Å². The van der Waals surface area contributed by atoms with E-state index < -0.39 is 0 Å². The van der Waals surface area contributed by atoms with Crippen LogP contribution in [0.4, 0.5) is 9.52 Å². The molecular weight excluding hydrogens is 441 g/mol. The Hall–Kier alpha value is -1.67. The maximum absolute atomic E-state index is 13.1. The van der Waals surface area contributed by atoms with E-state index in [1.54, 1.807) is 28.8 Å². The number of amides is 1. The number of fused-ring (bicyclic) bond motifs is 1. The first-order valence-electron chi connectivity index (χ1n) is 9.73. The van der Waals surface area contributed by atoms with Crippen molar-refractivity contribution >= 4 is 56.0 Å². The first-order chi connectivity index (χ1) is 14.3. The number of carbonyl (C=O) groups is 1. The minimum absolute atomic E-state index is 0.0474. The fourth-order valence-corrected chi connectivity index (χ4v) is 5.36. The molecule has 0 bridgehead atoms. The summed E-state index contributed by atoms with van der Waals surface area (Å²) in [6, 6.07) is 10.1. The largest absolute Gasteiger partial charge is 0.309 e. The molecule has 0 aliphatic heterocycles. The molecule has 3 aromatic rings. The van der Waals surface area contributed by atoms with Gasteiger partial charge in [0.1, 0.15) is 5.82 Å². The second-order valence-corrected chi connectivity index (χ2v) is 9.93. The van der Waals surface area contributed by atoms with Gasteiger partial charge in [0.25, 0.3) is 0 Å². The average molecular weight is 466 g/mol. The summed E-state index contributed by atoms with van der Waals surface area (Å²) in [6.45, 7) is 3.49. The number of thiazole rings is 1. The minimum Gasteiger partial charge on any atom is -0.309 e. The number of aryl methyl sites for hydroxylation is 1. The van der Waals surface area contributed by atoms with Gasteiger partial charge in [0, 0.05) is 28.6 Å². The second kappa shape index (κ2) is 10.6. The van der Waals surface area contributed by atoms with Gasteiger partial charge in [-0.15, -0.1) is 11.8 Å².